The van der Waals surface area contributed by atoms with E-state index >= 15 is 0 Å². The average Bonchev–Trinajstić information content (AvgIpc) is 2.17. The lowest BCUT2D eigenvalue weighted by Gasteiger charge is -1.84. The first-order valence-electron chi connectivity index (χ1n) is 3.70. The molecular formula is C6H4F2N6O2S. The Hall–Kier alpha value is -2.35. The van der Waals surface area contributed by atoms with Crippen molar-refractivity contribution in [3.8, 4) is 0 Å². The fourth-order valence-electron chi connectivity index (χ4n) is 0.569. The van der Waals surface area contributed by atoms with Gasteiger partial charge in [0.05, 0.1) is 0 Å². The SMILES string of the molecule is Fc1cccc(F)c1.[N-]=[N+]=NS(=O)(=O)N=[N+]=[N-]. The number of rotatable bonds is 2. The van der Waals surface area contributed by atoms with Crippen molar-refractivity contribution in [1.29, 1.82) is 0 Å². The van der Waals surface area contributed by atoms with Gasteiger partial charge in [-0.05, 0) is 23.2 Å². The molecule has 0 bridgehead atoms. The largest absolute Gasteiger partial charge is 0.321 e. The van der Waals surface area contributed by atoms with Crippen molar-refractivity contribution < 1.29 is 17.2 Å². The minimum absolute atomic E-state index is 0.537. The minimum atomic E-state index is -4.27. The zero-order chi connectivity index (χ0) is 13.3. The third-order valence-electron chi connectivity index (χ3n) is 1.07. The van der Waals surface area contributed by atoms with E-state index in [1.54, 1.807) is 0 Å². The number of hydrogen-bond acceptors (Lipinski definition) is 2. The van der Waals surface area contributed by atoms with E-state index in [1.807, 2.05) is 9.82 Å². The molecule has 0 aliphatic rings. The second-order valence-electron chi connectivity index (χ2n) is 2.23. The average molecular weight is 262 g/mol. The molecule has 0 N–H and O–H groups in total. The van der Waals surface area contributed by atoms with Gasteiger partial charge in [-0.3, -0.25) is 0 Å². The summed E-state index contributed by atoms with van der Waals surface area (Å²) in [4.78, 5) is 3.80. The minimum Gasteiger partial charge on any atom is -0.213 e. The molecule has 0 aliphatic heterocycles. The van der Waals surface area contributed by atoms with Crippen LogP contribution in [-0.4, -0.2) is 8.42 Å². The van der Waals surface area contributed by atoms with Crippen LogP contribution in [-0.2, 0) is 10.2 Å². The fraction of sp³-hybridized carbons (Fsp3) is 0. The fourth-order valence-corrected chi connectivity index (χ4v) is 0.786. The molecular weight excluding hydrogens is 258 g/mol. The van der Waals surface area contributed by atoms with Crippen LogP contribution in [0.5, 0.6) is 0 Å². The Balaban J connectivity index is 0.000000302. The molecule has 0 fully saturated rings. The second-order valence-corrected chi connectivity index (χ2v) is 3.45. The quantitative estimate of drug-likeness (QED) is 0.460. The Morgan fingerprint density at radius 3 is 1.71 bits per heavy atom. The molecule has 0 saturated carbocycles. The molecule has 0 unspecified atom stereocenters. The van der Waals surface area contributed by atoms with Gasteiger partial charge < -0.3 is 0 Å². The Kier molecular flexibility index (Phi) is 6.04. The van der Waals surface area contributed by atoms with Crippen LogP contribution in [0.3, 0.4) is 0 Å². The van der Waals surface area contributed by atoms with Gasteiger partial charge in [0.15, 0.2) is 0 Å². The van der Waals surface area contributed by atoms with E-state index < -0.39 is 21.8 Å². The normalized spacial score (nSPS) is 9.06. The van der Waals surface area contributed by atoms with E-state index in [1.165, 1.54) is 18.2 Å². The number of azide groups is 1. The Morgan fingerprint density at radius 2 is 1.47 bits per heavy atom. The molecule has 0 aliphatic carbocycles. The maximum absolute atomic E-state index is 11.9. The van der Waals surface area contributed by atoms with Crippen molar-refractivity contribution in [2.45, 2.75) is 0 Å². The summed E-state index contributed by atoms with van der Waals surface area (Å²) in [5, 5.41) is 0. The summed E-state index contributed by atoms with van der Waals surface area (Å²) in [6.45, 7) is 0. The number of benzene rings is 1. The summed E-state index contributed by atoms with van der Waals surface area (Å²) in [5.74, 6) is -1.07. The first-order chi connectivity index (χ1) is 7.91. The van der Waals surface area contributed by atoms with E-state index in [-0.39, 0.29) is 0 Å². The molecule has 0 aromatic heterocycles. The Labute approximate surface area is 93.9 Å². The molecule has 90 valence electrons. The number of hydrogen-bond donors (Lipinski definition) is 0. The predicted molar refractivity (Wildman–Crippen MR) is 53.6 cm³/mol. The van der Waals surface area contributed by atoms with Crippen LogP contribution >= 0.6 is 0 Å². The zero-order valence-electron chi connectivity index (χ0n) is 7.97. The van der Waals surface area contributed by atoms with E-state index in [0.717, 1.165) is 6.07 Å². The van der Waals surface area contributed by atoms with Gasteiger partial charge in [-0.1, -0.05) is 6.07 Å². The summed E-state index contributed by atoms with van der Waals surface area (Å²) < 4.78 is 48.2. The third-order valence-corrected chi connectivity index (χ3v) is 1.62. The van der Waals surface area contributed by atoms with Gasteiger partial charge in [-0.2, -0.15) is 0 Å². The molecule has 0 heterocycles. The van der Waals surface area contributed by atoms with Crippen LogP contribution in [0.2, 0.25) is 0 Å². The van der Waals surface area contributed by atoms with Crippen LogP contribution in [0.25, 0.3) is 20.9 Å². The van der Waals surface area contributed by atoms with Crippen molar-refractivity contribution in [1.82, 2.24) is 0 Å². The van der Waals surface area contributed by atoms with Gasteiger partial charge in [0, 0.05) is 24.9 Å². The van der Waals surface area contributed by atoms with Crippen LogP contribution in [0.15, 0.2) is 33.3 Å². The number of halogens is 2. The molecule has 8 nitrogen and oxygen atoms in total. The molecule has 0 atom stereocenters. The molecule has 0 saturated heterocycles. The van der Waals surface area contributed by atoms with Gasteiger partial charge in [0.25, 0.3) is 0 Å². The smallest absolute Gasteiger partial charge is 0.213 e. The summed E-state index contributed by atoms with van der Waals surface area (Å²) in [7, 11) is -4.27. The molecule has 0 radical (unpaired) electrons. The molecule has 0 amide bonds. The summed E-state index contributed by atoms with van der Waals surface area (Å²) in [6, 6.07) is 4.55. The van der Waals surface area contributed by atoms with Crippen molar-refractivity contribution in [2.75, 3.05) is 0 Å². The van der Waals surface area contributed by atoms with Crippen molar-refractivity contribution in [3.63, 3.8) is 0 Å². The zero-order valence-corrected chi connectivity index (χ0v) is 8.79. The first kappa shape index (κ1) is 14.6. The van der Waals surface area contributed by atoms with E-state index in [2.05, 4.69) is 9.04 Å². The lowest BCUT2D eigenvalue weighted by atomic mass is 10.3. The Morgan fingerprint density at radius 1 is 1.06 bits per heavy atom. The first-order valence-corrected chi connectivity index (χ1v) is 5.09. The summed E-state index contributed by atoms with van der Waals surface area (Å²) in [5.41, 5.74) is 15.0. The van der Waals surface area contributed by atoms with Crippen LogP contribution in [0, 0.1) is 11.6 Å². The number of nitrogens with zero attached hydrogens (tertiary/aromatic N) is 6. The summed E-state index contributed by atoms with van der Waals surface area (Å²) in [6.07, 6.45) is 0. The maximum Gasteiger partial charge on any atom is 0.321 e. The molecule has 1 aromatic rings. The lowest BCUT2D eigenvalue weighted by Crippen LogP contribution is -1.82. The Bertz CT molecular complexity index is 535. The molecule has 11 heteroatoms. The van der Waals surface area contributed by atoms with Crippen LogP contribution in [0.4, 0.5) is 8.78 Å². The highest BCUT2D eigenvalue weighted by Crippen LogP contribution is 1.99. The van der Waals surface area contributed by atoms with E-state index in [0.29, 0.717) is 0 Å². The highest BCUT2D eigenvalue weighted by Gasteiger charge is 1.99. The third kappa shape index (κ3) is 7.56. The van der Waals surface area contributed by atoms with Gasteiger partial charge in [-0.25, -0.2) is 17.2 Å². The van der Waals surface area contributed by atoms with Crippen LogP contribution in [0.1, 0.15) is 0 Å². The van der Waals surface area contributed by atoms with Gasteiger partial charge >= 0.3 is 10.2 Å². The highest BCUT2D eigenvalue weighted by molar-refractivity contribution is 7.88. The van der Waals surface area contributed by atoms with Crippen LogP contribution < -0.4 is 0 Å². The van der Waals surface area contributed by atoms with Gasteiger partial charge in [0.2, 0.25) is 0 Å². The van der Waals surface area contributed by atoms with Crippen molar-refractivity contribution in [3.05, 3.63) is 56.8 Å². The standard InChI is InChI=1S/C6H4F2.N6O2S/c7-5-2-1-3-6(8)4-5;1-3-5-9(7,8)6-4-2/h1-4H;. The second kappa shape index (κ2) is 7.01. The topological polar surface area (TPSA) is 132 Å². The predicted octanol–water partition coefficient (Wildman–Crippen LogP) is 2.82. The van der Waals surface area contributed by atoms with Crippen molar-refractivity contribution in [2.24, 2.45) is 9.04 Å². The van der Waals surface area contributed by atoms with E-state index in [9.17, 15) is 17.2 Å². The highest BCUT2D eigenvalue weighted by atomic mass is 32.2. The summed E-state index contributed by atoms with van der Waals surface area (Å²) >= 11 is 0. The lowest BCUT2D eigenvalue weighted by molar-refractivity contribution is 0.583. The van der Waals surface area contributed by atoms with E-state index in [4.69, 9.17) is 11.1 Å². The monoisotopic (exact) mass is 262 g/mol. The van der Waals surface area contributed by atoms with Crippen molar-refractivity contribution >= 4 is 10.2 Å². The van der Waals surface area contributed by atoms with Gasteiger partial charge in [0.1, 0.15) is 11.6 Å². The molecule has 1 rings (SSSR count). The molecule has 17 heavy (non-hydrogen) atoms. The maximum atomic E-state index is 11.9. The molecule has 1 aromatic carbocycles. The van der Waals surface area contributed by atoms with Gasteiger partial charge in [-0.15, -0.1) is 0 Å². The molecule has 0 spiro atoms.